The summed E-state index contributed by atoms with van der Waals surface area (Å²) in [6.45, 7) is 3.15. The molecule has 0 N–H and O–H groups in total. The van der Waals surface area contributed by atoms with E-state index in [2.05, 4.69) is 22.0 Å². The molecule has 0 aliphatic carbocycles. The maximum atomic E-state index is 13.5. The van der Waals surface area contributed by atoms with E-state index in [1.54, 1.807) is 17.0 Å². The van der Waals surface area contributed by atoms with Crippen LogP contribution in [0.15, 0.2) is 54.7 Å². The molecule has 5 rings (SSSR count). The molecular weight excluding hydrogens is 479 g/mol. The average molecular weight is 502 g/mol. The van der Waals surface area contributed by atoms with Crippen molar-refractivity contribution < 1.29 is 13.2 Å². The number of hydrogen-bond donors (Lipinski definition) is 0. The van der Waals surface area contributed by atoms with Crippen molar-refractivity contribution in [3.8, 4) is 11.4 Å². The van der Waals surface area contributed by atoms with Crippen LogP contribution in [0.5, 0.6) is 0 Å². The molecular formula is C24H23ClF3N7. The number of aromatic nitrogens is 4. The molecule has 1 saturated heterocycles. The van der Waals surface area contributed by atoms with E-state index in [0.717, 1.165) is 24.6 Å². The highest BCUT2D eigenvalue weighted by Gasteiger charge is 2.36. The van der Waals surface area contributed by atoms with Gasteiger partial charge >= 0.3 is 6.18 Å². The van der Waals surface area contributed by atoms with Crippen molar-refractivity contribution in [2.24, 2.45) is 0 Å². The van der Waals surface area contributed by atoms with Crippen molar-refractivity contribution in [1.82, 2.24) is 19.9 Å². The van der Waals surface area contributed by atoms with Crippen molar-refractivity contribution in [1.29, 1.82) is 0 Å². The Morgan fingerprint density at radius 2 is 1.46 bits per heavy atom. The summed E-state index contributed by atoms with van der Waals surface area (Å²) in [5.74, 6) is 1.57. The molecule has 0 unspecified atom stereocenters. The summed E-state index contributed by atoms with van der Waals surface area (Å²) in [5.41, 5.74) is 0.0906. The topological polar surface area (TPSA) is 61.3 Å². The van der Waals surface area contributed by atoms with Crippen LogP contribution in [0, 0.1) is 0 Å². The van der Waals surface area contributed by atoms with Crippen molar-refractivity contribution in [2.45, 2.75) is 12.6 Å². The fourth-order valence-electron chi connectivity index (χ4n) is 4.18. The zero-order chi connectivity index (χ0) is 24.4. The lowest BCUT2D eigenvalue weighted by Gasteiger charge is -2.36. The molecule has 0 amide bonds. The molecule has 0 saturated carbocycles. The third-order valence-corrected chi connectivity index (χ3v) is 6.26. The molecule has 0 atom stereocenters. The number of piperazine rings is 1. The average Bonchev–Trinajstić information content (AvgIpc) is 2.89. The first kappa shape index (κ1) is 23.3. The Kier molecular flexibility index (Phi) is 6.46. The van der Waals surface area contributed by atoms with Crippen molar-refractivity contribution >= 4 is 29.3 Å². The molecule has 0 bridgehead atoms. The van der Waals surface area contributed by atoms with E-state index < -0.39 is 11.7 Å². The Morgan fingerprint density at radius 1 is 0.771 bits per heavy atom. The Balaban J connectivity index is 1.41. The van der Waals surface area contributed by atoms with Gasteiger partial charge in [-0.1, -0.05) is 23.8 Å². The molecule has 3 aromatic rings. The minimum Gasteiger partial charge on any atom is -0.353 e. The summed E-state index contributed by atoms with van der Waals surface area (Å²) in [4.78, 5) is 23.9. The number of nitrogens with zero attached hydrogens (tertiary/aromatic N) is 7. The molecule has 2 aromatic heterocycles. The van der Waals surface area contributed by atoms with Crippen LogP contribution in [0.1, 0.15) is 12.0 Å². The predicted octanol–water partition coefficient (Wildman–Crippen LogP) is 4.70. The largest absolute Gasteiger partial charge is 0.419 e. The summed E-state index contributed by atoms with van der Waals surface area (Å²) < 4.78 is 40.4. The molecule has 2 aliphatic rings. The Bertz CT molecular complexity index is 1210. The molecule has 0 spiro atoms. The number of hydrogen-bond acceptors (Lipinski definition) is 7. The molecule has 11 heteroatoms. The van der Waals surface area contributed by atoms with Crippen LogP contribution in [-0.2, 0) is 6.18 Å². The number of pyridine rings is 1. The van der Waals surface area contributed by atoms with Crippen LogP contribution < -0.4 is 14.7 Å². The Morgan fingerprint density at radius 3 is 2.11 bits per heavy atom. The second-order valence-electron chi connectivity index (χ2n) is 8.32. The second-order valence-corrected chi connectivity index (χ2v) is 8.75. The van der Waals surface area contributed by atoms with Crippen molar-refractivity contribution in [3.63, 3.8) is 0 Å². The fraction of sp³-hybridized carbons (Fsp3) is 0.333. The predicted molar refractivity (Wildman–Crippen MR) is 130 cm³/mol. The first-order valence-corrected chi connectivity index (χ1v) is 11.7. The lowest BCUT2D eigenvalue weighted by molar-refractivity contribution is -0.137. The minimum atomic E-state index is -4.46. The van der Waals surface area contributed by atoms with Crippen LogP contribution in [0.3, 0.4) is 0 Å². The SMILES string of the molecule is FC(F)(F)c1cccnc1N1CCN(c2nc(-c3ccc(Cl)cc3)nc(N3CC=CCC3)n2)CC1. The molecule has 0 radical (unpaired) electrons. The fourth-order valence-corrected chi connectivity index (χ4v) is 4.30. The van der Waals surface area contributed by atoms with E-state index in [9.17, 15) is 13.2 Å². The van der Waals surface area contributed by atoms with Crippen LogP contribution in [0.4, 0.5) is 30.9 Å². The summed E-state index contributed by atoms with van der Waals surface area (Å²) in [6, 6.07) is 9.67. The number of anilines is 3. The highest BCUT2D eigenvalue weighted by molar-refractivity contribution is 6.30. The molecule has 35 heavy (non-hydrogen) atoms. The van der Waals surface area contributed by atoms with Crippen LogP contribution in [0.25, 0.3) is 11.4 Å². The van der Waals surface area contributed by atoms with Gasteiger partial charge in [-0.2, -0.15) is 28.1 Å². The van der Waals surface area contributed by atoms with Gasteiger partial charge in [0, 0.05) is 56.1 Å². The van der Waals surface area contributed by atoms with Gasteiger partial charge in [0.1, 0.15) is 5.82 Å². The number of benzene rings is 1. The van der Waals surface area contributed by atoms with Crippen LogP contribution in [0.2, 0.25) is 5.02 Å². The third kappa shape index (κ3) is 5.17. The van der Waals surface area contributed by atoms with Gasteiger partial charge in [0.25, 0.3) is 0 Å². The molecule has 4 heterocycles. The van der Waals surface area contributed by atoms with Gasteiger partial charge in [-0.25, -0.2) is 4.98 Å². The molecule has 2 aliphatic heterocycles. The van der Waals surface area contributed by atoms with Gasteiger partial charge in [0.2, 0.25) is 11.9 Å². The summed E-state index contributed by atoms with van der Waals surface area (Å²) >= 11 is 6.05. The van der Waals surface area contributed by atoms with Gasteiger partial charge in [-0.05, 0) is 42.8 Å². The standard InChI is InChI=1S/C24H23ClF3N7/c25-18-8-6-17(7-9-18)20-30-22(34-11-2-1-3-12-34)32-23(31-20)35-15-13-33(14-16-35)21-19(24(26,27)28)5-4-10-29-21/h1-2,4-10H,3,11-16H2. The zero-order valence-electron chi connectivity index (χ0n) is 18.8. The minimum absolute atomic E-state index is 0.0436. The number of rotatable bonds is 4. The summed E-state index contributed by atoms with van der Waals surface area (Å²) in [6.07, 6.45) is 2.05. The van der Waals surface area contributed by atoms with Crippen LogP contribution in [-0.4, -0.2) is 59.2 Å². The molecule has 7 nitrogen and oxygen atoms in total. The van der Waals surface area contributed by atoms with E-state index in [1.165, 1.54) is 12.3 Å². The number of halogens is 4. The maximum absolute atomic E-state index is 13.5. The smallest absolute Gasteiger partial charge is 0.353 e. The quantitative estimate of drug-likeness (QED) is 0.480. The summed E-state index contributed by atoms with van der Waals surface area (Å²) in [5, 5.41) is 0.619. The van der Waals surface area contributed by atoms with E-state index in [-0.39, 0.29) is 5.82 Å². The van der Waals surface area contributed by atoms with E-state index >= 15 is 0 Å². The monoisotopic (exact) mass is 501 g/mol. The normalized spacial score (nSPS) is 16.6. The second kappa shape index (κ2) is 9.69. The lowest BCUT2D eigenvalue weighted by atomic mass is 10.2. The highest BCUT2D eigenvalue weighted by atomic mass is 35.5. The molecule has 1 fully saturated rings. The Hall–Kier alpha value is -3.40. The van der Waals surface area contributed by atoms with Crippen molar-refractivity contribution in [2.75, 3.05) is 54.0 Å². The first-order valence-electron chi connectivity index (χ1n) is 11.3. The Labute approximate surface area is 205 Å². The van der Waals surface area contributed by atoms with Gasteiger partial charge in [0.05, 0.1) is 5.56 Å². The first-order chi connectivity index (χ1) is 16.9. The highest BCUT2D eigenvalue weighted by Crippen LogP contribution is 2.35. The van der Waals surface area contributed by atoms with E-state index in [1.807, 2.05) is 17.0 Å². The summed E-state index contributed by atoms with van der Waals surface area (Å²) in [7, 11) is 0. The van der Waals surface area contributed by atoms with Gasteiger partial charge in [-0.3, -0.25) is 0 Å². The number of alkyl halides is 3. The van der Waals surface area contributed by atoms with E-state index in [0.29, 0.717) is 55.5 Å². The zero-order valence-corrected chi connectivity index (χ0v) is 19.5. The molecule has 182 valence electrons. The van der Waals surface area contributed by atoms with Crippen LogP contribution >= 0.6 is 11.6 Å². The van der Waals surface area contributed by atoms with Crippen molar-refractivity contribution in [3.05, 3.63) is 65.3 Å². The van der Waals surface area contributed by atoms with Gasteiger partial charge in [0.15, 0.2) is 5.82 Å². The lowest BCUT2D eigenvalue weighted by Crippen LogP contribution is -2.48. The van der Waals surface area contributed by atoms with Gasteiger partial charge < -0.3 is 14.7 Å². The van der Waals surface area contributed by atoms with Gasteiger partial charge in [-0.15, -0.1) is 0 Å². The molecule has 1 aromatic carbocycles. The van der Waals surface area contributed by atoms with E-state index in [4.69, 9.17) is 26.6 Å². The maximum Gasteiger partial charge on any atom is 0.419 e. The third-order valence-electron chi connectivity index (χ3n) is 6.01.